The van der Waals surface area contributed by atoms with Crippen LogP contribution in [0.2, 0.25) is 0 Å². The van der Waals surface area contributed by atoms with Crippen molar-refractivity contribution in [1.29, 1.82) is 0 Å². The van der Waals surface area contributed by atoms with Gasteiger partial charge in [0, 0.05) is 16.7 Å². The van der Waals surface area contributed by atoms with Crippen LogP contribution in [0, 0.1) is 22.7 Å². The fraction of sp³-hybridized carbons (Fsp3) is 0.714. The zero-order chi connectivity index (χ0) is 20.7. The molecule has 154 valence electrons. The maximum absolute atomic E-state index is 16.8. The first-order valence-corrected chi connectivity index (χ1v) is 9.82. The Kier molecular flexibility index (Phi) is 4.13. The van der Waals surface area contributed by atoms with E-state index >= 15 is 4.39 Å². The van der Waals surface area contributed by atoms with Gasteiger partial charge >= 0.3 is 0 Å². The summed E-state index contributed by atoms with van der Waals surface area (Å²) >= 11 is 0. The van der Waals surface area contributed by atoms with Crippen LogP contribution in [0.5, 0.6) is 0 Å². The van der Waals surface area contributed by atoms with Gasteiger partial charge in [-0.25, -0.2) is 4.39 Å². The Morgan fingerprint density at radius 3 is 2.57 bits per heavy atom. The minimum absolute atomic E-state index is 0.0135. The van der Waals surface area contributed by atoms with Crippen LogP contribution in [0.3, 0.4) is 0 Å². The molecule has 0 heterocycles. The number of alkyl halides is 1. The molecule has 0 aromatic heterocycles. The van der Waals surface area contributed by atoms with E-state index in [1.54, 1.807) is 13.8 Å². The Bertz CT molecular complexity index is 807. The molecule has 0 spiro atoms. The van der Waals surface area contributed by atoms with Crippen molar-refractivity contribution in [2.75, 3.05) is 6.61 Å². The lowest BCUT2D eigenvalue weighted by molar-refractivity contribution is -0.222. The number of aliphatic hydroxyl groups excluding tert-OH is 3. The molecule has 7 heteroatoms. The first-order valence-electron chi connectivity index (χ1n) is 9.82. The highest BCUT2D eigenvalue weighted by Crippen LogP contribution is 2.69. The van der Waals surface area contributed by atoms with Crippen molar-refractivity contribution >= 4 is 11.6 Å². The molecule has 6 nitrogen and oxygen atoms in total. The number of aliphatic hydroxyl groups is 4. The van der Waals surface area contributed by atoms with Crippen LogP contribution >= 0.6 is 0 Å². The molecule has 0 amide bonds. The number of hydrogen-bond acceptors (Lipinski definition) is 6. The maximum Gasteiger partial charge on any atom is 0.192 e. The quantitative estimate of drug-likeness (QED) is 0.546. The SMILES string of the molecule is CC12C=CC(=O)C=C1CC[C@H]1[C@@H]3CC(O)[C@](O)(C(=O)CO)[C@@]3(C)CC(O)C12F. The third-order valence-electron chi connectivity index (χ3n) is 8.43. The number of carbonyl (C=O) groups excluding carboxylic acids is 2. The summed E-state index contributed by atoms with van der Waals surface area (Å²) in [5, 5.41) is 42.1. The third-order valence-corrected chi connectivity index (χ3v) is 8.43. The Hall–Kier alpha value is -1.41. The summed E-state index contributed by atoms with van der Waals surface area (Å²) in [5.74, 6) is -2.38. The summed E-state index contributed by atoms with van der Waals surface area (Å²) in [6.45, 7) is 2.33. The molecule has 4 aliphatic rings. The summed E-state index contributed by atoms with van der Waals surface area (Å²) < 4.78 is 16.8. The smallest absolute Gasteiger partial charge is 0.192 e. The lowest BCUT2D eigenvalue weighted by Crippen LogP contribution is -2.69. The molecule has 0 aromatic rings. The van der Waals surface area contributed by atoms with Gasteiger partial charge in [0.25, 0.3) is 0 Å². The van der Waals surface area contributed by atoms with E-state index in [-0.39, 0.29) is 18.6 Å². The Labute approximate surface area is 162 Å². The molecule has 0 bridgehead atoms. The first kappa shape index (κ1) is 19.9. The van der Waals surface area contributed by atoms with Gasteiger partial charge in [-0.05, 0) is 50.7 Å². The second kappa shape index (κ2) is 5.81. The van der Waals surface area contributed by atoms with Gasteiger partial charge in [0.2, 0.25) is 0 Å². The van der Waals surface area contributed by atoms with Gasteiger partial charge in [0.15, 0.2) is 22.8 Å². The molecule has 0 aliphatic heterocycles. The number of carbonyl (C=O) groups is 2. The average Bonchev–Trinajstić information content (AvgIpc) is 2.84. The van der Waals surface area contributed by atoms with Gasteiger partial charge in [-0.15, -0.1) is 0 Å². The minimum Gasteiger partial charge on any atom is -0.390 e. The number of rotatable bonds is 2. The Balaban J connectivity index is 1.84. The zero-order valence-electron chi connectivity index (χ0n) is 16.1. The molecule has 4 aliphatic carbocycles. The fourth-order valence-electron chi connectivity index (χ4n) is 6.85. The predicted octanol–water partition coefficient (Wildman–Crippen LogP) is 0.620. The first-order chi connectivity index (χ1) is 13.0. The molecule has 8 atom stereocenters. The van der Waals surface area contributed by atoms with Gasteiger partial charge in [-0.1, -0.05) is 18.6 Å². The van der Waals surface area contributed by atoms with Crippen molar-refractivity contribution in [3.8, 4) is 0 Å². The van der Waals surface area contributed by atoms with Gasteiger partial charge in [-0.3, -0.25) is 9.59 Å². The summed E-state index contributed by atoms with van der Waals surface area (Å²) in [4.78, 5) is 24.2. The molecule has 3 saturated carbocycles. The van der Waals surface area contributed by atoms with E-state index in [4.69, 9.17) is 0 Å². The monoisotopic (exact) mass is 394 g/mol. The highest BCUT2D eigenvalue weighted by Gasteiger charge is 2.76. The van der Waals surface area contributed by atoms with E-state index < -0.39 is 58.5 Å². The number of hydrogen-bond donors (Lipinski definition) is 4. The van der Waals surface area contributed by atoms with Crippen LogP contribution in [0.25, 0.3) is 0 Å². The highest BCUT2D eigenvalue weighted by atomic mass is 19.1. The molecule has 4 N–H and O–H groups in total. The minimum atomic E-state index is -2.23. The number of halogens is 1. The van der Waals surface area contributed by atoms with E-state index in [9.17, 15) is 30.0 Å². The van der Waals surface area contributed by atoms with Crippen LogP contribution in [0.4, 0.5) is 4.39 Å². The lowest BCUT2D eigenvalue weighted by Gasteiger charge is -2.62. The summed E-state index contributed by atoms with van der Waals surface area (Å²) in [5.41, 5.74) is -6.12. The van der Waals surface area contributed by atoms with Crippen LogP contribution in [-0.4, -0.2) is 62.1 Å². The van der Waals surface area contributed by atoms with E-state index in [0.717, 1.165) is 0 Å². The van der Waals surface area contributed by atoms with Gasteiger partial charge in [-0.2, -0.15) is 0 Å². The Morgan fingerprint density at radius 1 is 1.25 bits per heavy atom. The largest absolute Gasteiger partial charge is 0.390 e. The fourth-order valence-corrected chi connectivity index (χ4v) is 6.85. The van der Waals surface area contributed by atoms with Crippen LogP contribution in [0.15, 0.2) is 23.8 Å². The molecule has 4 rings (SSSR count). The Morgan fingerprint density at radius 2 is 1.93 bits per heavy atom. The number of ketones is 2. The molecule has 0 saturated heterocycles. The maximum atomic E-state index is 16.8. The third kappa shape index (κ3) is 2.01. The van der Waals surface area contributed by atoms with Crippen LogP contribution < -0.4 is 0 Å². The van der Waals surface area contributed by atoms with E-state index in [1.165, 1.54) is 18.2 Å². The van der Waals surface area contributed by atoms with Crippen molar-refractivity contribution in [2.45, 2.75) is 63.0 Å². The van der Waals surface area contributed by atoms with E-state index in [1.807, 2.05) is 0 Å². The van der Waals surface area contributed by atoms with Gasteiger partial charge in [0.1, 0.15) is 6.61 Å². The molecule has 4 unspecified atom stereocenters. The number of Topliss-reactive ketones (excluding diaryl/α,β-unsaturated/α-hetero) is 1. The summed E-state index contributed by atoms with van der Waals surface area (Å²) in [6, 6.07) is 0. The van der Waals surface area contributed by atoms with E-state index in [2.05, 4.69) is 0 Å². The normalized spacial score (nSPS) is 52.5. The van der Waals surface area contributed by atoms with Crippen molar-refractivity contribution in [2.24, 2.45) is 22.7 Å². The second-order valence-corrected chi connectivity index (χ2v) is 9.36. The van der Waals surface area contributed by atoms with Crippen molar-refractivity contribution in [3.05, 3.63) is 23.8 Å². The van der Waals surface area contributed by atoms with Crippen LogP contribution in [-0.2, 0) is 9.59 Å². The number of fused-ring (bicyclic) bond motifs is 5. The summed E-state index contributed by atoms with van der Waals surface area (Å²) in [6.07, 6.45) is 1.93. The van der Waals surface area contributed by atoms with Crippen molar-refractivity contribution in [3.63, 3.8) is 0 Å². The molecule has 3 fully saturated rings. The van der Waals surface area contributed by atoms with Crippen molar-refractivity contribution < 1.29 is 34.4 Å². The zero-order valence-corrected chi connectivity index (χ0v) is 16.1. The molecule has 0 aromatic carbocycles. The van der Waals surface area contributed by atoms with Crippen molar-refractivity contribution in [1.82, 2.24) is 0 Å². The average molecular weight is 394 g/mol. The molecular formula is C21H27FO6. The van der Waals surface area contributed by atoms with Crippen LogP contribution in [0.1, 0.15) is 39.5 Å². The summed E-state index contributed by atoms with van der Waals surface area (Å²) in [7, 11) is 0. The van der Waals surface area contributed by atoms with E-state index in [0.29, 0.717) is 18.4 Å². The van der Waals surface area contributed by atoms with Gasteiger partial charge in [0.05, 0.1) is 12.2 Å². The second-order valence-electron chi connectivity index (χ2n) is 9.36. The topological polar surface area (TPSA) is 115 Å². The van der Waals surface area contributed by atoms with Gasteiger partial charge < -0.3 is 20.4 Å². The highest BCUT2D eigenvalue weighted by molar-refractivity contribution is 6.01. The standard InChI is InChI=1S/C21H27FO6/c1-18-6-5-12(24)7-11(18)3-4-13-14-8-15(25)21(28,17(27)10-23)19(14,2)9-16(26)20(13,18)22/h5-7,13-16,23,25-26,28H,3-4,8-10H2,1-2H3/t13-,14-,15?,16?,18?,19-,20?,21-/m0/s1. The molecule has 0 radical (unpaired) electrons. The molecular weight excluding hydrogens is 367 g/mol. The lowest BCUT2D eigenvalue weighted by atomic mass is 9.44. The molecule has 28 heavy (non-hydrogen) atoms. The number of allylic oxidation sites excluding steroid dienone is 4. The predicted molar refractivity (Wildman–Crippen MR) is 96.8 cm³/mol.